The predicted octanol–water partition coefficient (Wildman–Crippen LogP) is 3.43. The fourth-order valence-corrected chi connectivity index (χ4v) is 2.63. The highest BCUT2D eigenvalue weighted by Crippen LogP contribution is 2.19. The van der Waals surface area contributed by atoms with Gasteiger partial charge < -0.3 is 0 Å². The Kier molecular flexibility index (Phi) is 3.93. The lowest BCUT2D eigenvalue weighted by Gasteiger charge is -2.15. The van der Waals surface area contributed by atoms with Gasteiger partial charge in [-0.05, 0) is 12.6 Å². The third kappa shape index (κ3) is 3.30. The van der Waals surface area contributed by atoms with Crippen LogP contribution < -0.4 is 0 Å². The van der Waals surface area contributed by atoms with Crippen LogP contribution in [0.1, 0.15) is 10.4 Å². The molecule has 2 rings (SSSR count). The van der Waals surface area contributed by atoms with Crippen molar-refractivity contribution in [3.05, 3.63) is 51.4 Å². The lowest BCUT2D eigenvalue weighted by Crippen LogP contribution is -2.16. The van der Waals surface area contributed by atoms with Crippen molar-refractivity contribution in [2.45, 2.75) is 13.1 Å². The Morgan fingerprint density at radius 3 is 2.62 bits per heavy atom. The Hall–Kier alpha value is -0.900. The van der Waals surface area contributed by atoms with Gasteiger partial charge in [0.25, 0.3) is 0 Å². The smallest absolute Gasteiger partial charge is 0.183 e. The number of hydrogen-bond donors (Lipinski definition) is 0. The minimum atomic E-state index is 0.614. The molecule has 1 aromatic carbocycles. The van der Waals surface area contributed by atoms with Crippen molar-refractivity contribution in [3.8, 4) is 0 Å². The Morgan fingerprint density at radius 2 is 2.00 bits per heavy atom. The Balaban J connectivity index is 1.92. The molecule has 0 aliphatic heterocycles. The van der Waals surface area contributed by atoms with Gasteiger partial charge in [-0.2, -0.15) is 0 Å². The van der Waals surface area contributed by atoms with Gasteiger partial charge in [0.1, 0.15) is 0 Å². The molecule has 2 nitrogen and oxygen atoms in total. The Bertz CT molecular complexity index is 441. The highest BCUT2D eigenvalue weighted by Gasteiger charge is 2.04. The monoisotopic (exact) mass is 252 g/mol. The van der Waals surface area contributed by atoms with Gasteiger partial charge in [0.15, 0.2) is 4.47 Å². The molecule has 0 bridgehead atoms. The van der Waals surface area contributed by atoms with Crippen LogP contribution in [0.5, 0.6) is 0 Å². The minimum absolute atomic E-state index is 0.614. The maximum absolute atomic E-state index is 5.79. The normalized spacial score (nSPS) is 10.9. The average Bonchev–Trinajstić information content (AvgIpc) is 2.65. The van der Waals surface area contributed by atoms with Crippen LogP contribution >= 0.6 is 22.9 Å². The SMILES string of the molecule is CN(Cc1ccccc1)Cc1cnc(Cl)s1. The van der Waals surface area contributed by atoms with Gasteiger partial charge in [-0.1, -0.05) is 41.9 Å². The van der Waals surface area contributed by atoms with Crippen molar-refractivity contribution in [1.29, 1.82) is 0 Å². The summed E-state index contributed by atoms with van der Waals surface area (Å²) in [6, 6.07) is 10.4. The van der Waals surface area contributed by atoms with Gasteiger partial charge in [0.05, 0.1) is 0 Å². The van der Waals surface area contributed by atoms with Crippen LogP contribution in [0.4, 0.5) is 0 Å². The second-order valence-electron chi connectivity index (χ2n) is 3.74. The van der Waals surface area contributed by atoms with Gasteiger partial charge >= 0.3 is 0 Å². The van der Waals surface area contributed by atoms with E-state index in [1.165, 1.54) is 21.8 Å². The van der Waals surface area contributed by atoms with Crippen LogP contribution in [0, 0.1) is 0 Å². The Labute approximate surface area is 105 Å². The molecule has 0 fully saturated rings. The van der Waals surface area contributed by atoms with E-state index in [1.807, 2.05) is 12.3 Å². The highest BCUT2D eigenvalue weighted by atomic mass is 35.5. The van der Waals surface area contributed by atoms with Crippen LogP contribution in [-0.4, -0.2) is 16.9 Å². The van der Waals surface area contributed by atoms with E-state index in [2.05, 4.69) is 41.2 Å². The van der Waals surface area contributed by atoms with Crippen molar-refractivity contribution in [2.24, 2.45) is 0 Å². The topological polar surface area (TPSA) is 16.1 Å². The molecule has 0 radical (unpaired) electrons. The molecule has 0 aliphatic rings. The number of hydrogen-bond acceptors (Lipinski definition) is 3. The molecule has 0 amide bonds. The highest BCUT2D eigenvalue weighted by molar-refractivity contribution is 7.15. The fourth-order valence-electron chi connectivity index (χ4n) is 1.57. The zero-order valence-corrected chi connectivity index (χ0v) is 10.6. The summed E-state index contributed by atoms with van der Waals surface area (Å²) in [6.07, 6.45) is 1.84. The van der Waals surface area contributed by atoms with Crippen molar-refractivity contribution >= 4 is 22.9 Å². The quantitative estimate of drug-likeness (QED) is 0.829. The molecule has 1 aromatic heterocycles. The average molecular weight is 253 g/mol. The first-order valence-electron chi connectivity index (χ1n) is 5.07. The summed E-state index contributed by atoms with van der Waals surface area (Å²) in [5.74, 6) is 0. The number of aromatic nitrogens is 1. The molecular formula is C12H13ClN2S. The maximum atomic E-state index is 5.79. The van der Waals surface area contributed by atoms with E-state index in [4.69, 9.17) is 11.6 Å². The summed E-state index contributed by atoms with van der Waals surface area (Å²) in [6.45, 7) is 1.83. The van der Waals surface area contributed by atoms with E-state index in [1.54, 1.807) is 0 Å². The van der Waals surface area contributed by atoms with E-state index in [0.29, 0.717) is 4.47 Å². The first kappa shape index (κ1) is 11.6. The van der Waals surface area contributed by atoms with Crippen LogP contribution in [0.25, 0.3) is 0 Å². The second kappa shape index (κ2) is 5.43. The van der Waals surface area contributed by atoms with E-state index in [9.17, 15) is 0 Å². The van der Waals surface area contributed by atoms with Gasteiger partial charge in [-0.3, -0.25) is 4.90 Å². The number of halogens is 1. The summed E-state index contributed by atoms with van der Waals surface area (Å²) < 4.78 is 0.614. The van der Waals surface area contributed by atoms with Crippen LogP contribution in [-0.2, 0) is 13.1 Å². The molecule has 4 heteroatoms. The Morgan fingerprint density at radius 1 is 1.25 bits per heavy atom. The maximum Gasteiger partial charge on any atom is 0.183 e. The largest absolute Gasteiger partial charge is 0.297 e. The summed E-state index contributed by atoms with van der Waals surface area (Å²) in [5, 5.41) is 0. The summed E-state index contributed by atoms with van der Waals surface area (Å²) in [4.78, 5) is 7.48. The molecule has 1 heterocycles. The molecule has 0 saturated carbocycles. The molecule has 0 saturated heterocycles. The zero-order chi connectivity index (χ0) is 11.4. The lowest BCUT2D eigenvalue weighted by molar-refractivity contribution is 0.322. The van der Waals surface area contributed by atoms with Gasteiger partial charge in [0, 0.05) is 24.2 Å². The summed E-state index contributed by atoms with van der Waals surface area (Å²) in [7, 11) is 2.10. The molecular weight excluding hydrogens is 240 g/mol. The van der Waals surface area contributed by atoms with E-state index < -0.39 is 0 Å². The number of nitrogens with zero attached hydrogens (tertiary/aromatic N) is 2. The number of rotatable bonds is 4. The van der Waals surface area contributed by atoms with Crippen molar-refractivity contribution in [2.75, 3.05) is 7.05 Å². The lowest BCUT2D eigenvalue weighted by atomic mass is 10.2. The fraction of sp³-hybridized carbons (Fsp3) is 0.250. The van der Waals surface area contributed by atoms with Crippen molar-refractivity contribution < 1.29 is 0 Å². The van der Waals surface area contributed by atoms with Gasteiger partial charge in [-0.25, -0.2) is 4.98 Å². The van der Waals surface area contributed by atoms with Gasteiger partial charge in [0.2, 0.25) is 0 Å². The number of thiazole rings is 1. The molecule has 0 N–H and O–H groups in total. The van der Waals surface area contributed by atoms with Crippen LogP contribution in [0.3, 0.4) is 0 Å². The molecule has 0 atom stereocenters. The summed E-state index contributed by atoms with van der Waals surface area (Å²) in [5.41, 5.74) is 1.32. The van der Waals surface area contributed by atoms with Crippen molar-refractivity contribution in [1.82, 2.24) is 9.88 Å². The standard InChI is InChI=1S/C12H13ClN2S/c1-15(8-10-5-3-2-4-6-10)9-11-7-14-12(13)16-11/h2-7H,8-9H2,1H3. The number of benzene rings is 1. The summed E-state index contributed by atoms with van der Waals surface area (Å²) >= 11 is 7.33. The molecule has 2 aromatic rings. The first-order valence-corrected chi connectivity index (χ1v) is 6.26. The van der Waals surface area contributed by atoms with Crippen LogP contribution in [0.15, 0.2) is 36.5 Å². The predicted molar refractivity (Wildman–Crippen MR) is 68.7 cm³/mol. The molecule has 0 unspecified atom stereocenters. The second-order valence-corrected chi connectivity index (χ2v) is 5.43. The molecule has 0 aliphatic carbocycles. The zero-order valence-electron chi connectivity index (χ0n) is 9.06. The van der Waals surface area contributed by atoms with E-state index >= 15 is 0 Å². The van der Waals surface area contributed by atoms with Crippen LogP contribution in [0.2, 0.25) is 4.47 Å². The molecule has 84 valence electrons. The minimum Gasteiger partial charge on any atom is -0.297 e. The van der Waals surface area contributed by atoms with E-state index in [-0.39, 0.29) is 0 Å². The van der Waals surface area contributed by atoms with E-state index in [0.717, 1.165) is 13.1 Å². The first-order chi connectivity index (χ1) is 7.74. The van der Waals surface area contributed by atoms with Crippen molar-refractivity contribution in [3.63, 3.8) is 0 Å². The molecule has 16 heavy (non-hydrogen) atoms. The van der Waals surface area contributed by atoms with Gasteiger partial charge in [-0.15, -0.1) is 11.3 Å². The third-order valence-corrected chi connectivity index (χ3v) is 3.35. The molecule has 0 spiro atoms. The third-order valence-electron chi connectivity index (χ3n) is 2.25.